The summed E-state index contributed by atoms with van der Waals surface area (Å²) in [6.45, 7) is 2.72. The van der Waals surface area contributed by atoms with Crippen molar-refractivity contribution in [3.05, 3.63) is 34.3 Å². The van der Waals surface area contributed by atoms with Crippen LogP contribution in [0.25, 0.3) is 0 Å². The van der Waals surface area contributed by atoms with Crippen LogP contribution >= 0.6 is 15.9 Å². The zero-order valence-corrected chi connectivity index (χ0v) is 10.5. The lowest BCUT2D eigenvalue weighted by molar-refractivity contribution is -0.0641. The van der Waals surface area contributed by atoms with Gasteiger partial charge in [-0.05, 0) is 31.6 Å². The number of hydrogen-bond donors (Lipinski definition) is 1. The van der Waals surface area contributed by atoms with Crippen LogP contribution in [0.4, 0.5) is 0 Å². The topological polar surface area (TPSA) is 21.3 Å². The van der Waals surface area contributed by atoms with E-state index in [0.717, 1.165) is 26.2 Å². The summed E-state index contributed by atoms with van der Waals surface area (Å²) in [5.41, 5.74) is 1.61. The van der Waals surface area contributed by atoms with Gasteiger partial charge in [0, 0.05) is 9.89 Å². The van der Waals surface area contributed by atoms with Crippen LogP contribution in [0.2, 0.25) is 0 Å². The number of hydrogen-bond acceptors (Lipinski definition) is 2. The lowest BCUT2D eigenvalue weighted by Crippen LogP contribution is -2.48. The molecule has 2 rings (SSSR count). The van der Waals surface area contributed by atoms with Gasteiger partial charge in [-0.25, -0.2) is 0 Å². The van der Waals surface area contributed by atoms with Gasteiger partial charge in [-0.1, -0.05) is 34.1 Å². The van der Waals surface area contributed by atoms with E-state index in [1.54, 1.807) is 0 Å². The van der Waals surface area contributed by atoms with E-state index in [4.69, 9.17) is 4.74 Å². The molecule has 0 aromatic heterocycles. The minimum Gasteiger partial charge on any atom is -0.379 e. The smallest absolute Gasteiger partial charge is 0.0586 e. The summed E-state index contributed by atoms with van der Waals surface area (Å²) in [6, 6.07) is 8.45. The molecule has 1 heterocycles. The first-order valence-corrected chi connectivity index (χ1v) is 6.05. The lowest BCUT2D eigenvalue weighted by atomic mass is 9.76. The average Bonchev–Trinajstić information content (AvgIpc) is 2.19. The first-order valence-electron chi connectivity index (χ1n) is 5.26. The van der Waals surface area contributed by atoms with Gasteiger partial charge in [0.15, 0.2) is 0 Å². The molecule has 1 saturated heterocycles. The number of nitrogens with one attached hydrogen (secondary N) is 1. The van der Waals surface area contributed by atoms with E-state index in [0.29, 0.717) is 0 Å². The Morgan fingerprint density at radius 3 is 2.67 bits per heavy atom. The predicted molar refractivity (Wildman–Crippen MR) is 65.2 cm³/mol. The highest BCUT2D eigenvalue weighted by Crippen LogP contribution is 2.39. The maximum atomic E-state index is 5.40. The fourth-order valence-corrected chi connectivity index (χ4v) is 2.74. The van der Waals surface area contributed by atoms with Gasteiger partial charge in [0.1, 0.15) is 0 Å². The van der Waals surface area contributed by atoms with Gasteiger partial charge in [0.25, 0.3) is 0 Å². The monoisotopic (exact) mass is 269 g/mol. The molecule has 0 aliphatic carbocycles. The molecule has 2 nitrogen and oxygen atoms in total. The molecular formula is C12H16BrNO. The van der Waals surface area contributed by atoms with Crippen molar-refractivity contribution >= 4 is 15.9 Å². The summed E-state index contributed by atoms with van der Waals surface area (Å²) in [5.74, 6) is 0. The van der Waals surface area contributed by atoms with Crippen molar-refractivity contribution < 1.29 is 4.74 Å². The minimum absolute atomic E-state index is 0.225. The third-order valence-electron chi connectivity index (χ3n) is 3.06. The standard InChI is InChI=1S/C12H16BrNO/c1-14-7-6-12(8-15-9-12)10-4-2-3-5-11(10)13/h2-5,14H,6-9H2,1H3. The first-order chi connectivity index (χ1) is 7.28. The Morgan fingerprint density at radius 2 is 2.13 bits per heavy atom. The number of ether oxygens (including phenoxy) is 1. The Morgan fingerprint density at radius 1 is 1.40 bits per heavy atom. The Bertz CT molecular complexity index is 336. The van der Waals surface area contributed by atoms with Gasteiger partial charge in [0.2, 0.25) is 0 Å². The van der Waals surface area contributed by atoms with Crippen molar-refractivity contribution in [2.75, 3.05) is 26.8 Å². The summed E-state index contributed by atoms with van der Waals surface area (Å²) in [7, 11) is 1.99. The Kier molecular flexibility index (Phi) is 3.44. The van der Waals surface area contributed by atoms with Crippen LogP contribution in [-0.2, 0) is 10.2 Å². The molecule has 1 aromatic rings. The van der Waals surface area contributed by atoms with Crippen molar-refractivity contribution in [1.82, 2.24) is 5.32 Å². The Hall–Kier alpha value is -0.380. The summed E-state index contributed by atoms with van der Waals surface area (Å²) < 4.78 is 6.59. The third-order valence-corrected chi connectivity index (χ3v) is 3.75. The van der Waals surface area contributed by atoms with Crippen molar-refractivity contribution in [2.45, 2.75) is 11.8 Å². The van der Waals surface area contributed by atoms with Crippen LogP contribution in [0.5, 0.6) is 0 Å². The molecule has 0 atom stereocenters. The normalized spacial score (nSPS) is 18.5. The second kappa shape index (κ2) is 4.64. The van der Waals surface area contributed by atoms with Gasteiger partial charge in [0.05, 0.1) is 13.2 Å². The molecule has 3 heteroatoms. The minimum atomic E-state index is 0.225. The van der Waals surface area contributed by atoms with Crippen LogP contribution in [0.3, 0.4) is 0 Å². The molecule has 1 fully saturated rings. The fraction of sp³-hybridized carbons (Fsp3) is 0.500. The second-order valence-electron chi connectivity index (χ2n) is 4.11. The molecule has 0 spiro atoms. The van der Waals surface area contributed by atoms with Crippen LogP contribution in [0.15, 0.2) is 28.7 Å². The van der Waals surface area contributed by atoms with E-state index in [2.05, 4.69) is 45.5 Å². The van der Waals surface area contributed by atoms with E-state index in [-0.39, 0.29) is 5.41 Å². The van der Waals surface area contributed by atoms with Crippen molar-refractivity contribution in [2.24, 2.45) is 0 Å². The van der Waals surface area contributed by atoms with E-state index >= 15 is 0 Å². The first kappa shape index (κ1) is 11.1. The number of benzene rings is 1. The van der Waals surface area contributed by atoms with Crippen LogP contribution in [-0.4, -0.2) is 26.8 Å². The largest absolute Gasteiger partial charge is 0.379 e. The quantitative estimate of drug-likeness (QED) is 0.906. The molecule has 15 heavy (non-hydrogen) atoms. The molecule has 1 aliphatic rings. The maximum Gasteiger partial charge on any atom is 0.0586 e. The highest BCUT2D eigenvalue weighted by molar-refractivity contribution is 9.10. The Labute approximate surface area is 99.1 Å². The van der Waals surface area contributed by atoms with E-state index in [1.165, 1.54) is 10.0 Å². The third kappa shape index (κ3) is 2.10. The van der Waals surface area contributed by atoms with Gasteiger partial charge >= 0.3 is 0 Å². The summed E-state index contributed by atoms with van der Waals surface area (Å²) in [6.07, 6.45) is 1.13. The van der Waals surface area contributed by atoms with Crippen LogP contribution in [0.1, 0.15) is 12.0 Å². The highest BCUT2D eigenvalue weighted by Gasteiger charge is 2.40. The lowest BCUT2D eigenvalue weighted by Gasteiger charge is -2.42. The van der Waals surface area contributed by atoms with Gasteiger partial charge in [-0.2, -0.15) is 0 Å². The average molecular weight is 270 g/mol. The Balaban J connectivity index is 2.22. The van der Waals surface area contributed by atoms with Gasteiger partial charge in [-0.15, -0.1) is 0 Å². The number of halogens is 1. The van der Waals surface area contributed by atoms with Gasteiger partial charge < -0.3 is 10.1 Å². The highest BCUT2D eigenvalue weighted by atomic mass is 79.9. The summed E-state index contributed by atoms with van der Waals surface area (Å²) in [5, 5.41) is 3.21. The molecule has 0 radical (unpaired) electrons. The zero-order valence-electron chi connectivity index (χ0n) is 8.92. The van der Waals surface area contributed by atoms with Gasteiger partial charge in [-0.3, -0.25) is 0 Å². The van der Waals surface area contributed by atoms with Crippen molar-refractivity contribution in [1.29, 1.82) is 0 Å². The van der Waals surface area contributed by atoms with Crippen molar-refractivity contribution in [3.8, 4) is 0 Å². The molecular weight excluding hydrogens is 254 g/mol. The molecule has 82 valence electrons. The molecule has 1 N–H and O–H groups in total. The van der Waals surface area contributed by atoms with E-state index < -0.39 is 0 Å². The van der Waals surface area contributed by atoms with E-state index in [1.807, 2.05) is 7.05 Å². The summed E-state index contributed by atoms with van der Waals surface area (Å²) in [4.78, 5) is 0. The van der Waals surface area contributed by atoms with Crippen LogP contribution < -0.4 is 5.32 Å². The number of rotatable bonds is 4. The van der Waals surface area contributed by atoms with Crippen molar-refractivity contribution in [3.63, 3.8) is 0 Å². The molecule has 0 bridgehead atoms. The molecule has 0 saturated carbocycles. The predicted octanol–water partition coefficient (Wildman–Crippen LogP) is 2.33. The molecule has 1 aliphatic heterocycles. The molecule has 0 amide bonds. The fourth-order valence-electron chi connectivity index (χ4n) is 2.04. The zero-order chi connectivity index (χ0) is 10.7. The van der Waals surface area contributed by atoms with Crippen LogP contribution in [0, 0.1) is 0 Å². The molecule has 0 unspecified atom stereocenters. The van der Waals surface area contributed by atoms with E-state index in [9.17, 15) is 0 Å². The molecule has 1 aromatic carbocycles. The SMILES string of the molecule is CNCCC1(c2ccccc2Br)COC1. The summed E-state index contributed by atoms with van der Waals surface area (Å²) >= 11 is 3.62. The second-order valence-corrected chi connectivity index (χ2v) is 4.96. The maximum absolute atomic E-state index is 5.40.